The molecule has 0 aliphatic heterocycles. The molecular formula is C21H23ClN4O5. The second kappa shape index (κ2) is 11.6. The SMILES string of the molecule is COc1ccc(NC(=O)C(=O)N/N=C(\C)CC(=O)NCc2ccc(Cl)cc2)c(OC)c1. The van der Waals surface area contributed by atoms with Crippen LogP contribution in [0.1, 0.15) is 18.9 Å². The van der Waals surface area contributed by atoms with Crippen LogP contribution < -0.4 is 25.5 Å². The molecule has 0 fully saturated rings. The topological polar surface area (TPSA) is 118 Å². The number of hydrogen-bond acceptors (Lipinski definition) is 6. The minimum absolute atomic E-state index is 0.0399. The Morgan fingerprint density at radius 2 is 1.71 bits per heavy atom. The van der Waals surface area contributed by atoms with Gasteiger partial charge in [-0.3, -0.25) is 14.4 Å². The number of amides is 3. The van der Waals surface area contributed by atoms with E-state index in [1.54, 1.807) is 49.4 Å². The summed E-state index contributed by atoms with van der Waals surface area (Å²) in [6.07, 6.45) is -0.0399. The first-order valence-electron chi connectivity index (χ1n) is 9.20. The Balaban J connectivity index is 1.83. The van der Waals surface area contributed by atoms with Gasteiger partial charge in [-0.2, -0.15) is 5.10 Å². The highest BCUT2D eigenvalue weighted by Crippen LogP contribution is 2.28. The van der Waals surface area contributed by atoms with Crippen molar-refractivity contribution < 1.29 is 23.9 Å². The molecule has 2 rings (SSSR count). The van der Waals surface area contributed by atoms with Crippen molar-refractivity contribution in [1.29, 1.82) is 0 Å². The van der Waals surface area contributed by atoms with Crippen LogP contribution in [0.3, 0.4) is 0 Å². The van der Waals surface area contributed by atoms with Crippen LogP contribution in [0.15, 0.2) is 47.6 Å². The number of nitrogens with one attached hydrogen (secondary N) is 3. The summed E-state index contributed by atoms with van der Waals surface area (Å²) in [7, 11) is 2.93. The highest BCUT2D eigenvalue weighted by Gasteiger charge is 2.16. The van der Waals surface area contributed by atoms with Crippen molar-refractivity contribution in [3.05, 3.63) is 53.1 Å². The third-order valence-corrected chi connectivity index (χ3v) is 4.28. The number of halogens is 1. The van der Waals surface area contributed by atoms with Crippen molar-refractivity contribution in [3.63, 3.8) is 0 Å². The normalized spacial score (nSPS) is 10.8. The monoisotopic (exact) mass is 446 g/mol. The molecule has 10 heteroatoms. The third-order valence-electron chi connectivity index (χ3n) is 4.03. The van der Waals surface area contributed by atoms with E-state index in [2.05, 4.69) is 21.2 Å². The summed E-state index contributed by atoms with van der Waals surface area (Å²) in [4.78, 5) is 36.1. The molecule has 3 amide bonds. The van der Waals surface area contributed by atoms with Crippen molar-refractivity contribution in [2.75, 3.05) is 19.5 Å². The maximum Gasteiger partial charge on any atom is 0.329 e. The Morgan fingerprint density at radius 1 is 1.00 bits per heavy atom. The van der Waals surface area contributed by atoms with Gasteiger partial charge in [0.05, 0.1) is 26.3 Å². The van der Waals surface area contributed by atoms with Gasteiger partial charge in [-0.1, -0.05) is 23.7 Å². The van der Waals surface area contributed by atoms with Crippen LogP contribution in [0, 0.1) is 0 Å². The lowest BCUT2D eigenvalue weighted by molar-refractivity contribution is -0.136. The van der Waals surface area contributed by atoms with Crippen LogP contribution in [0.2, 0.25) is 5.02 Å². The molecule has 9 nitrogen and oxygen atoms in total. The van der Waals surface area contributed by atoms with Gasteiger partial charge < -0.3 is 20.1 Å². The molecular weight excluding hydrogens is 424 g/mol. The Bertz CT molecular complexity index is 976. The summed E-state index contributed by atoms with van der Waals surface area (Å²) in [6.45, 7) is 1.90. The van der Waals surface area contributed by atoms with Crippen molar-refractivity contribution in [1.82, 2.24) is 10.7 Å². The van der Waals surface area contributed by atoms with E-state index in [4.69, 9.17) is 21.1 Å². The van der Waals surface area contributed by atoms with Gasteiger partial charge in [0.1, 0.15) is 11.5 Å². The quantitative estimate of drug-likeness (QED) is 0.327. The fourth-order valence-corrected chi connectivity index (χ4v) is 2.54. The molecule has 0 aliphatic rings. The molecule has 2 aromatic carbocycles. The van der Waals surface area contributed by atoms with Crippen LogP contribution >= 0.6 is 11.6 Å². The van der Waals surface area contributed by atoms with Gasteiger partial charge in [0.15, 0.2) is 0 Å². The van der Waals surface area contributed by atoms with E-state index < -0.39 is 11.8 Å². The Labute approximate surface area is 184 Å². The number of methoxy groups -OCH3 is 2. The first-order valence-corrected chi connectivity index (χ1v) is 9.57. The van der Waals surface area contributed by atoms with Crippen molar-refractivity contribution in [2.24, 2.45) is 5.10 Å². The molecule has 31 heavy (non-hydrogen) atoms. The van der Waals surface area contributed by atoms with E-state index in [0.29, 0.717) is 34.5 Å². The summed E-state index contributed by atoms with van der Waals surface area (Å²) in [5.74, 6) is -1.34. The molecule has 0 spiro atoms. The van der Waals surface area contributed by atoms with Crippen LogP contribution in [-0.2, 0) is 20.9 Å². The van der Waals surface area contributed by atoms with Gasteiger partial charge >= 0.3 is 11.8 Å². The number of ether oxygens (including phenoxy) is 2. The van der Waals surface area contributed by atoms with E-state index in [-0.39, 0.29) is 12.3 Å². The number of rotatable bonds is 8. The zero-order valence-electron chi connectivity index (χ0n) is 17.3. The maximum atomic E-state index is 12.1. The summed E-state index contributed by atoms with van der Waals surface area (Å²) < 4.78 is 10.2. The summed E-state index contributed by atoms with van der Waals surface area (Å²) in [5, 5.41) is 9.57. The number of carbonyl (C=O) groups is 3. The molecule has 0 bridgehead atoms. The van der Waals surface area contributed by atoms with Gasteiger partial charge in [-0.15, -0.1) is 0 Å². The minimum Gasteiger partial charge on any atom is -0.497 e. The van der Waals surface area contributed by atoms with E-state index in [1.165, 1.54) is 14.2 Å². The molecule has 0 aliphatic carbocycles. The summed E-state index contributed by atoms with van der Waals surface area (Å²) in [5.41, 5.74) is 3.65. The standard InChI is InChI=1S/C21H23ClN4O5/c1-13(10-19(27)23-12-14-4-6-15(22)7-5-14)25-26-21(29)20(28)24-17-9-8-16(30-2)11-18(17)31-3/h4-9,11H,10,12H2,1-3H3,(H,23,27)(H,24,28)(H,26,29)/b25-13+. The van der Waals surface area contributed by atoms with Crippen molar-refractivity contribution in [2.45, 2.75) is 19.9 Å². The molecule has 3 N–H and O–H groups in total. The third kappa shape index (κ3) is 7.63. The molecule has 0 unspecified atom stereocenters. The van der Waals surface area contributed by atoms with Crippen LogP contribution in [0.25, 0.3) is 0 Å². The fourth-order valence-electron chi connectivity index (χ4n) is 2.42. The smallest absolute Gasteiger partial charge is 0.329 e. The fraction of sp³-hybridized carbons (Fsp3) is 0.238. The zero-order chi connectivity index (χ0) is 22.8. The number of nitrogens with zero attached hydrogens (tertiary/aromatic N) is 1. The first-order chi connectivity index (χ1) is 14.8. The van der Waals surface area contributed by atoms with Gasteiger partial charge in [0.2, 0.25) is 5.91 Å². The Hall–Kier alpha value is -3.59. The first kappa shape index (κ1) is 23.7. The highest BCUT2D eigenvalue weighted by atomic mass is 35.5. The molecule has 0 atom stereocenters. The second-order valence-corrected chi connectivity index (χ2v) is 6.82. The number of hydrazone groups is 1. The number of carbonyl (C=O) groups excluding carboxylic acids is 3. The number of benzene rings is 2. The van der Waals surface area contributed by atoms with Crippen molar-refractivity contribution in [3.8, 4) is 11.5 Å². The average molecular weight is 447 g/mol. The summed E-state index contributed by atoms with van der Waals surface area (Å²) in [6, 6.07) is 11.8. The number of hydrogen-bond donors (Lipinski definition) is 3. The van der Waals surface area contributed by atoms with Gasteiger partial charge in [0.25, 0.3) is 0 Å². The van der Waals surface area contributed by atoms with E-state index in [9.17, 15) is 14.4 Å². The van der Waals surface area contributed by atoms with Gasteiger partial charge in [0, 0.05) is 23.3 Å². The molecule has 0 saturated carbocycles. The van der Waals surface area contributed by atoms with E-state index >= 15 is 0 Å². The highest BCUT2D eigenvalue weighted by molar-refractivity contribution is 6.39. The van der Waals surface area contributed by atoms with Gasteiger partial charge in [-0.25, -0.2) is 5.43 Å². The predicted octanol–water partition coefficient (Wildman–Crippen LogP) is 2.49. The molecule has 0 saturated heterocycles. The minimum atomic E-state index is -0.987. The lowest BCUT2D eigenvalue weighted by atomic mass is 10.2. The van der Waals surface area contributed by atoms with Crippen LogP contribution in [0.4, 0.5) is 5.69 Å². The van der Waals surface area contributed by atoms with Crippen molar-refractivity contribution >= 4 is 40.7 Å². The molecule has 0 radical (unpaired) electrons. The largest absolute Gasteiger partial charge is 0.497 e. The lowest BCUT2D eigenvalue weighted by Gasteiger charge is -2.11. The Kier molecular flexibility index (Phi) is 8.83. The van der Waals surface area contributed by atoms with E-state index in [1.807, 2.05) is 0 Å². The summed E-state index contributed by atoms with van der Waals surface area (Å²) >= 11 is 5.82. The molecule has 2 aromatic rings. The maximum absolute atomic E-state index is 12.1. The molecule has 0 aromatic heterocycles. The Morgan fingerprint density at radius 3 is 2.35 bits per heavy atom. The second-order valence-electron chi connectivity index (χ2n) is 6.39. The average Bonchev–Trinajstić information content (AvgIpc) is 2.77. The molecule has 0 heterocycles. The number of anilines is 1. The predicted molar refractivity (Wildman–Crippen MR) is 117 cm³/mol. The lowest BCUT2D eigenvalue weighted by Crippen LogP contribution is -2.33. The zero-order valence-corrected chi connectivity index (χ0v) is 18.1. The molecule has 164 valence electrons. The van der Waals surface area contributed by atoms with Crippen LogP contribution in [-0.4, -0.2) is 37.7 Å². The van der Waals surface area contributed by atoms with Crippen LogP contribution in [0.5, 0.6) is 11.5 Å². The van der Waals surface area contributed by atoms with Gasteiger partial charge in [-0.05, 0) is 36.8 Å². The van der Waals surface area contributed by atoms with E-state index in [0.717, 1.165) is 5.56 Å².